The second-order valence-corrected chi connectivity index (χ2v) is 14.1. The third-order valence-electron chi connectivity index (χ3n) is 8.56. The predicted molar refractivity (Wildman–Crippen MR) is 168 cm³/mol. The average molecular weight is 650 g/mol. The van der Waals surface area contributed by atoms with Gasteiger partial charge < -0.3 is 18.9 Å². The summed E-state index contributed by atoms with van der Waals surface area (Å²) in [4.78, 5) is 23.9. The number of nitriles is 1. The van der Waals surface area contributed by atoms with Gasteiger partial charge in [-0.25, -0.2) is 18.6 Å². The van der Waals surface area contributed by atoms with Crippen molar-refractivity contribution in [1.29, 1.82) is 5.26 Å². The molecule has 1 aliphatic carbocycles. The average Bonchev–Trinajstić information content (AvgIpc) is 3.42. The van der Waals surface area contributed by atoms with Gasteiger partial charge in [-0.1, -0.05) is 0 Å². The van der Waals surface area contributed by atoms with Crippen molar-refractivity contribution >= 4 is 43.4 Å². The lowest BCUT2D eigenvalue weighted by molar-refractivity contribution is 0.0234. The molecule has 13 heteroatoms. The summed E-state index contributed by atoms with van der Waals surface area (Å²) in [7, 11) is 0. The van der Waals surface area contributed by atoms with Crippen LogP contribution in [-0.4, -0.2) is 66.0 Å². The molecule has 2 aliphatic heterocycles. The van der Waals surface area contributed by atoms with E-state index in [1.807, 2.05) is 0 Å². The second-order valence-electron chi connectivity index (χ2n) is 13.1. The van der Waals surface area contributed by atoms with Crippen LogP contribution >= 0.6 is 11.3 Å². The van der Waals surface area contributed by atoms with Crippen molar-refractivity contribution in [2.75, 3.05) is 44.8 Å². The number of nitrogens with zero attached hydrogens (tertiary/aromatic N) is 4. The Kier molecular flexibility index (Phi) is 7.79. The van der Waals surface area contributed by atoms with Crippen LogP contribution in [0.5, 0.6) is 5.88 Å². The molecule has 1 saturated heterocycles. The maximum Gasteiger partial charge on any atom is 0.412 e. The summed E-state index contributed by atoms with van der Waals surface area (Å²) in [5, 5.41) is 13.5. The highest BCUT2D eigenvalue weighted by Gasteiger charge is 2.45. The number of pyridine rings is 2. The zero-order valence-electron chi connectivity index (χ0n) is 25.8. The van der Waals surface area contributed by atoms with Gasteiger partial charge >= 0.3 is 6.09 Å². The number of nitrogens with one attached hydrogen (secondary N) is 1. The fourth-order valence-electron chi connectivity index (χ4n) is 6.16. The SMILES string of the molecule is CC(C)(C)OC(=O)Nc1sc2c(F)cnc(-c3c4c(c5ccc(OCC6(CN7CCOCC7)CC6)nc5c3F)COC4)c2c1C#N. The third-order valence-corrected chi connectivity index (χ3v) is 9.67. The lowest BCUT2D eigenvalue weighted by atomic mass is 9.93. The molecular formula is C33H33F2N5O5S. The van der Waals surface area contributed by atoms with E-state index < -0.39 is 23.3 Å². The number of halogens is 2. The summed E-state index contributed by atoms with van der Waals surface area (Å²) in [6.07, 6.45) is 2.31. The van der Waals surface area contributed by atoms with E-state index in [1.54, 1.807) is 32.9 Å². The van der Waals surface area contributed by atoms with Crippen LogP contribution in [0.4, 0.5) is 18.6 Å². The van der Waals surface area contributed by atoms with E-state index in [0.717, 1.165) is 68.8 Å². The van der Waals surface area contributed by atoms with Crippen molar-refractivity contribution in [2.24, 2.45) is 5.41 Å². The number of ether oxygens (including phenoxy) is 4. The lowest BCUT2D eigenvalue weighted by Crippen LogP contribution is -2.41. The molecule has 5 heterocycles. The number of carbonyl (C=O) groups is 1. The Bertz CT molecular complexity index is 1910. The van der Waals surface area contributed by atoms with Crippen molar-refractivity contribution in [1.82, 2.24) is 14.9 Å². The van der Waals surface area contributed by atoms with E-state index in [4.69, 9.17) is 18.9 Å². The van der Waals surface area contributed by atoms with E-state index in [0.29, 0.717) is 23.4 Å². The quantitative estimate of drug-likeness (QED) is 0.238. The number of hydrogen-bond acceptors (Lipinski definition) is 10. The summed E-state index contributed by atoms with van der Waals surface area (Å²) >= 11 is 0.861. The van der Waals surface area contributed by atoms with Crippen molar-refractivity contribution in [2.45, 2.75) is 52.4 Å². The van der Waals surface area contributed by atoms with Gasteiger partial charge in [0, 0.05) is 47.5 Å². The van der Waals surface area contributed by atoms with Crippen molar-refractivity contribution in [3.05, 3.63) is 46.7 Å². The van der Waals surface area contributed by atoms with Crippen LogP contribution in [0.2, 0.25) is 0 Å². The molecule has 0 unspecified atom stereocenters. The van der Waals surface area contributed by atoms with Gasteiger partial charge in [0.2, 0.25) is 5.88 Å². The minimum Gasteiger partial charge on any atom is -0.477 e. The lowest BCUT2D eigenvalue weighted by Gasteiger charge is -2.30. The first kappa shape index (κ1) is 30.7. The van der Waals surface area contributed by atoms with Crippen LogP contribution in [0.25, 0.3) is 32.2 Å². The summed E-state index contributed by atoms with van der Waals surface area (Å²) in [6.45, 7) is 10.1. The van der Waals surface area contributed by atoms with E-state index in [2.05, 4.69) is 26.3 Å². The monoisotopic (exact) mass is 649 g/mol. The van der Waals surface area contributed by atoms with Crippen LogP contribution in [-0.2, 0) is 27.4 Å². The number of hydrogen-bond donors (Lipinski definition) is 1. The van der Waals surface area contributed by atoms with Gasteiger partial charge in [0.25, 0.3) is 0 Å². The minimum atomic E-state index is -0.800. The highest BCUT2D eigenvalue weighted by molar-refractivity contribution is 7.23. The molecule has 3 aromatic heterocycles. The normalized spacial score (nSPS) is 17.6. The Labute approximate surface area is 268 Å². The Morgan fingerprint density at radius 1 is 1.17 bits per heavy atom. The number of fused-ring (bicyclic) bond motifs is 4. The highest BCUT2D eigenvalue weighted by atomic mass is 32.1. The van der Waals surface area contributed by atoms with Crippen LogP contribution in [0.3, 0.4) is 0 Å². The summed E-state index contributed by atoms with van der Waals surface area (Å²) in [5.74, 6) is -1.07. The molecule has 46 heavy (non-hydrogen) atoms. The largest absolute Gasteiger partial charge is 0.477 e. The molecule has 3 aliphatic rings. The Balaban J connectivity index is 1.28. The number of thiophene rings is 1. The molecule has 1 saturated carbocycles. The first-order valence-corrected chi connectivity index (χ1v) is 16.0. The van der Waals surface area contributed by atoms with Crippen LogP contribution < -0.4 is 10.1 Å². The number of amides is 1. The minimum absolute atomic E-state index is 0.0416. The molecule has 1 N–H and O–H groups in total. The fraction of sp³-hybridized carbons (Fsp3) is 0.455. The molecule has 10 nitrogen and oxygen atoms in total. The Morgan fingerprint density at radius 2 is 1.93 bits per heavy atom. The van der Waals surface area contributed by atoms with Gasteiger partial charge in [0.05, 0.1) is 55.2 Å². The third kappa shape index (κ3) is 5.75. The van der Waals surface area contributed by atoms with E-state index in [9.17, 15) is 10.1 Å². The molecule has 4 aromatic rings. The molecule has 240 valence electrons. The van der Waals surface area contributed by atoms with Gasteiger partial charge in [0.1, 0.15) is 22.2 Å². The molecule has 0 radical (unpaired) electrons. The van der Waals surface area contributed by atoms with Gasteiger partial charge in [0.15, 0.2) is 11.6 Å². The number of carbonyl (C=O) groups excluding carboxylic acids is 1. The smallest absolute Gasteiger partial charge is 0.412 e. The van der Waals surface area contributed by atoms with Crippen LogP contribution in [0.1, 0.15) is 50.3 Å². The highest BCUT2D eigenvalue weighted by Crippen LogP contribution is 2.48. The number of aromatic nitrogens is 2. The number of benzene rings is 1. The topological polar surface area (TPSA) is 119 Å². The first-order chi connectivity index (χ1) is 22.1. The molecule has 0 spiro atoms. The maximum atomic E-state index is 16.8. The fourth-order valence-corrected chi connectivity index (χ4v) is 7.20. The van der Waals surface area contributed by atoms with E-state index in [1.165, 1.54) is 0 Å². The Hall–Kier alpha value is -3.96. The van der Waals surface area contributed by atoms with Gasteiger partial charge in [-0.2, -0.15) is 5.26 Å². The summed E-state index contributed by atoms with van der Waals surface area (Å²) in [5.41, 5.74) is 0.742. The molecule has 0 atom stereocenters. The molecule has 0 bridgehead atoms. The second kappa shape index (κ2) is 11.7. The number of anilines is 1. The van der Waals surface area contributed by atoms with Crippen molar-refractivity contribution in [3.8, 4) is 23.2 Å². The van der Waals surface area contributed by atoms with Gasteiger partial charge in [-0.15, -0.1) is 11.3 Å². The van der Waals surface area contributed by atoms with Gasteiger partial charge in [-0.3, -0.25) is 15.2 Å². The molecule has 1 amide bonds. The zero-order chi connectivity index (χ0) is 32.2. The van der Waals surface area contributed by atoms with Gasteiger partial charge in [-0.05, 0) is 50.8 Å². The molecule has 7 rings (SSSR count). The zero-order valence-corrected chi connectivity index (χ0v) is 26.6. The first-order valence-electron chi connectivity index (χ1n) is 15.2. The molecular weight excluding hydrogens is 616 g/mol. The van der Waals surface area contributed by atoms with E-state index >= 15 is 8.78 Å². The summed E-state index contributed by atoms with van der Waals surface area (Å²) < 4.78 is 54.7. The van der Waals surface area contributed by atoms with Crippen molar-refractivity contribution in [3.63, 3.8) is 0 Å². The summed E-state index contributed by atoms with van der Waals surface area (Å²) in [6, 6.07) is 5.60. The maximum absolute atomic E-state index is 16.8. The standard InChI is InChI=1S/C33H33F2N5O5S/c1-32(2,3)45-31(41)39-30-19(12-36)25-28(37-13-22(34)29(25)46-30)24-21-15-43-14-20(21)18-4-5-23(38-27(18)26(24)35)44-17-33(6-7-33)16-40-8-10-42-11-9-40/h4-5,13H,6-11,14-17H2,1-3H3,(H,39,41). The molecule has 1 aromatic carbocycles. The molecule has 2 fully saturated rings. The number of morpholine rings is 1. The number of rotatable bonds is 7. The predicted octanol–water partition coefficient (Wildman–Crippen LogP) is 6.53. The Morgan fingerprint density at radius 3 is 2.65 bits per heavy atom. The van der Waals surface area contributed by atoms with E-state index in [-0.39, 0.29) is 56.1 Å². The van der Waals surface area contributed by atoms with Crippen LogP contribution in [0, 0.1) is 28.4 Å². The van der Waals surface area contributed by atoms with Crippen molar-refractivity contribution < 1.29 is 32.5 Å². The van der Waals surface area contributed by atoms with Crippen LogP contribution in [0.15, 0.2) is 18.3 Å².